The molecule has 2 nitrogen and oxygen atoms in total. The zero-order valence-corrected chi connectivity index (χ0v) is 11.6. The second-order valence-electron chi connectivity index (χ2n) is 5.44. The Bertz CT molecular complexity index is 563. The van der Waals surface area contributed by atoms with Gasteiger partial charge in [-0.3, -0.25) is 0 Å². The first-order chi connectivity index (χ1) is 9.81. The molecule has 0 radical (unpaired) electrons. The molecule has 1 N–H and O–H groups in total. The van der Waals surface area contributed by atoms with E-state index >= 15 is 0 Å². The minimum atomic E-state index is -0.463. The quantitative estimate of drug-likeness (QED) is 0.902. The van der Waals surface area contributed by atoms with Gasteiger partial charge in [-0.1, -0.05) is 36.4 Å². The molecule has 1 unspecified atom stereocenters. The molecule has 1 aliphatic carbocycles. The largest absolute Gasteiger partial charge is 0.491 e. The first kappa shape index (κ1) is 13.2. The lowest BCUT2D eigenvalue weighted by atomic mass is 10.0. The van der Waals surface area contributed by atoms with Gasteiger partial charge in [-0.25, -0.2) is 0 Å². The van der Waals surface area contributed by atoms with Crippen LogP contribution in [0.15, 0.2) is 48.5 Å². The topological polar surface area (TPSA) is 29.5 Å². The molecule has 2 aromatic rings. The van der Waals surface area contributed by atoms with E-state index in [-0.39, 0.29) is 0 Å². The van der Waals surface area contributed by atoms with Crippen molar-refractivity contribution in [3.05, 3.63) is 65.2 Å². The van der Waals surface area contributed by atoms with E-state index in [2.05, 4.69) is 18.2 Å². The summed E-state index contributed by atoms with van der Waals surface area (Å²) >= 11 is 0. The van der Waals surface area contributed by atoms with E-state index in [1.807, 2.05) is 30.3 Å². The summed E-state index contributed by atoms with van der Waals surface area (Å²) in [5, 5.41) is 10.1. The second-order valence-corrected chi connectivity index (χ2v) is 5.44. The maximum atomic E-state index is 10.1. The highest BCUT2D eigenvalue weighted by molar-refractivity contribution is 5.35. The van der Waals surface area contributed by atoms with Crippen LogP contribution >= 0.6 is 0 Å². The number of benzene rings is 2. The predicted molar refractivity (Wildman–Crippen MR) is 80.1 cm³/mol. The fourth-order valence-electron chi connectivity index (χ4n) is 2.79. The Balaban J connectivity index is 1.55. The standard InChI is InChI=1S/C18H20O2/c19-17(13-20-18-7-2-1-3-8-18)12-14-9-10-15-5-4-6-16(15)11-14/h1-3,7-11,17,19H,4-6,12-13H2. The van der Waals surface area contributed by atoms with Crippen LogP contribution in [0.1, 0.15) is 23.1 Å². The molecule has 0 saturated carbocycles. The molecule has 2 aromatic carbocycles. The summed E-state index contributed by atoms with van der Waals surface area (Å²) in [6.07, 6.45) is 3.84. The number of ether oxygens (including phenoxy) is 1. The zero-order chi connectivity index (χ0) is 13.8. The van der Waals surface area contributed by atoms with Crippen LogP contribution in [0.25, 0.3) is 0 Å². The molecule has 0 aliphatic heterocycles. The lowest BCUT2D eigenvalue weighted by Gasteiger charge is -2.13. The molecule has 0 bridgehead atoms. The van der Waals surface area contributed by atoms with Gasteiger partial charge < -0.3 is 9.84 Å². The van der Waals surface area contributed by atoms with E-state index in [0.717, 1.165) is 5.75 Å². The van der Waals surface area contributed by atoms with Crippen molar-refractivity contribution in [1.82, 2.24) is 0 Å². The van der Waals surface area contributed by atoms with Crippen LogP contribution in [0.5, 0.6) is 5.75 Å². The fraction of sp³-hybridized carbons (Fsp3) is 0.333. The smallest absolute Gasteiger partial charge is 0.119 e. The van der Waals surface area contributed by atoms with Crippen molar-refractivity contribution in [3.63, 3.8) is 0 Å². The van der Waals surface area contributed by atoms with Gasteiger partial charge in [0.1, 0.15) is 12.4 Å². The molecular weight excluding hydrogens is 248 g/mol. The molecule has 0 heterocycles. The van der Waals surface area contributed by atoms with Crippen molar-refractivity contribution >= 4 is 0 Å². The molecule has 1 atom stereocenters. The molecule has 2 heteroatoms. The number of aliphatic hydroxyl groups excluding tert-OH is 1. The number of aliphatic hydroxyl groups is 1. The van der Waals surface area contributed by atoms with Crippen molar-refractivity contribution in [2.24, 2.45) is 0 Å². The molecule has 20 heavy (non-hydrogen) atoms. The summed E-state index contributed by atoms with van der Waals surface area (Å²) in [6.45, 7) is 0.334. The summed E-state index contributed by atoms with van der Waals surface area (Å²) in [7, 11) is 0. The van der Waals surface area contributed by atoms with E-state index in [9.17, 15) is 5.11 Å². The van der Waals surface area contributed by atoms with Crippen molar-refractivity contribution in [1.29, 1.82) is 0 Å². The third-order valence-corrected chi connectivity index (χ3v) is 3.82. The van der Waals surface area contributed by atoms with Gasteiger partial charge in [0.2, 0.25) is 0 Å². The summed E-state index contributed by atoms with van der Waals surface area (Å²) in [5.41, 5.74) is 4.14. The Morgan fingerprint density at radius 3 is 2.65 bits per heavy atom. The Morgan fingerprint density at radius 1 is 1.00 bits per heavy atom. The highest BCUT2D eigenvalue weighted by atomic mass is 16.5. The van der Waals surface area contributed by atoms with Crippen LogP contribution in [0.2, 0.25) is 0 Å². The molecule has 104 valence electrons. The van der Waals surface area contributed by atoms with Crippen molar-refractivity contribution in [2.45, 2.75) is 31.8 Å². The summed E-state index contributed by atoms with van der Waals surface area (Å²) in [6, 6.07) is 16.2. The van der Waals surface area contributed by atoms with Crippen LogP contribution < -0.4 is 4.74 Å². The van der Waals surface area contributed by atoms with Crippen molar-refractivity contribution in [2.75, 3.05) is 6.61 Å². The minimum absolute atomic E-state index is 0.334. The Kier molecular flexibility index (Phi) is 4.03. The molecule has 0 saturated heterocycles. The third kappa shape index (κ3) is 3.20. The van der Waals surface area contributed by atoms with Gasteiger partial charge in [-0.05, 0) is 48.1 Å². The second kappa shape index (κ2) is 6.10. The number of para-hydroxylation sites is 1. The number of hydrogen-bond donors (Lipinski definition) is 1. The van der Waals surface area contributed by atoms with Crippen LogP contribution in [-0.2, 0) is 19.3 Å². The van der Waals surface area contributed by atoms with Gasteiger partial charge in [0.05, 0.1) is 6.10 Å². The van der Waals surface area contributed by atoms with E-state index < -0.39 is 6.10 Å². The molecule has 0 aromatic heterocycles. The molecule has 0 fully saturated rings. The van der Waals surface area contributed by atoms with Crippen LogP contribution in [0.4, 0.5) is 0 Å². The van der Waals surface area contributed by atoms with Crippen molar-refractivity contribution in [3.8, 4) is 5.75 Å². The SMILES string of the molecule is OC(COc1ccccc1)Cc1ccc2c(c1)CCC2. The maximum absolute atomic E-state index is 10.1. The Morgan fingerprint density at radius 2 is 1.80 bits per heavy atom. The Hall–Kier alpha value is -1.80. The van der Waals surface area contributed by atoms with E-state index in [0.29, 0.717) is 13.0 Å². The van der Waals surface area contributed by atoms with Gasteiger partial charge in [0.25, 0.3) is 0 Å². The first-order valence-electron chi connectivity index (χ1n) is 7.28. The zero-order valence-electron chi connectivity index (χ0n) is 11.6. The predicted octanol–water partition coefficient (Wildman–Crippen LogP) is 3.16. The van der Waals surface area contributed by atoms with Crippen molar-refractivity contribution < 1.29 is 9.84 Å². The van der Waals surface area contributed by atoms with Gasteiger partial charge in [-0.15, -0.1) is 0 Å². The number of hydrogen-bond acceptors (Lipinski definition) is 2. The highest BCUT2D eigenvalue weighted by Gasteiger charge is 2.13. The monoisotopic (exact) mass is 268 g/mol. The van der Waals surface area contributed by atoms with E-state index in [1.54, 1.807) is 0 Å². The minimum Gasteiger partial charge on any atom is -0.491 e. The lowest BCUT2D eigenvalue weighted by molar-refractivity contribution is 0.108. The maximum Gasteiger partial charge on any atom is 0.119 e. The summed E-state index contributed by atoms with van der Waals surface area (Å²) in [5.74, 6) is 0.806. The number of fused-ring (bicyclic) bond motifs is 1. The fourth-order valence-corrected chi connectivity index (χ4v) is 2.79. The number of rotatable bonds is 5. The lowest BCUT2D eigenvalue weighted by Crippen LogP contribution is -2.20. The average Bonchev–Trinajstić information content (AvgIpc) is 2.94. The third-order valence-electron chi connectivity index (χ3n) is 3.82. The summed E-state index contributed by atoms with van der Waals surface area (Å²) in [4.78, 5) is 0. The van der Waals surface area contributed by atoms with Gasteiger partial charge in [0, 0.05) is 6.42 Å². The molecule has 0 amide bonds. The normalized spacial score (nSPS) is 14.8. The average molecular weight is 268 g/mol. The van der Waals surface area contributed by atoms with Crippen LogP contribution in [-0.4, -0.2) is 17.8 Å². The Labute approximate surface area is 120 Å². The number of aryl methyl sites for hydroxylation is 2. The molecule has 3 rings (SSSR count). The van der Waals surface area contributed by atoms with E-state index in [1.165, 1.54) is 36.0 Å². The molecule has 0 spiro atoms. The van der Waals surface area contributed by atoms with Gasteiger partial charge in [-0.2, -0.15) is 0 Å². The van der Waals surface area contributed by atoms with Gasteiger partial charge in [0.15, 0.2) is 0 Å². The highest BCUT2D eigenvalue weighted by Crippen LogP contribution is 2.23. The summed E-state index contributed by atoms with van der Waals surface area (Å²) < 4.78 is 5.58. The molecular formula is C18H20O2. The van der Waals surface area contributed by atoms with Crippen LogP contribution in [0.3, 0.4) is 0 Å². The van der Waals surface area contributed by atoms with Gasteiger partial charge >= 0.3 is 0 Å². The first-order valence-corrected chi connectivity index (χ1v) is 7.28. The van der Waals surface area contributed by atoms with E-state index in [4.69, 9.17) is 4.74 Å². The van der Waals surface area contributed by atoms with Crippen LogP contribution in [0, 0.1) is 0 Å². The molecule has 1 aliphatic rings.